The third-order valence-corrected chi connectivity index (χ3v) is 7.38. The number of benzene rings is 1. The third kappa shape index (κ3) is 5.84. The largest absolute Gasteiger partial charge is 0.492 e. The van der Waals surface area contributed by atoms with Crippen LogP contribution < -0.4 is 20.3 Å². The lowest BCUT2D eigenvalue weighted by molar-refractivity contribution is 0.219. The van der Waals surface area contributed by atoms with Crippen molar-refractivity contribution in [1.82, 2.24) is 15.1 Å². The van der Waals surface area contributed by atoms with Crippen LogP contribution in [-0.4, -0.2) is 54.0 Å². The Morgan fingerprint density at radius 2 is 1.86 bits per heavy atom. The van der Waals surface area contributed by atoms with Crippen LogP contribution in [0.15, 0.2) is 41.1 Å². The van der Waals surface area contributed by atoms with Crippen molar-refractivity contribution < 1.29 is 18.0 Å². The fraction of sp³-hybridized carbons (Fsp3) is 0.519. The molecule has 0 unspecified atom stereocenters. The molecule has 0 spiro atoms. The number of hydrogen-bond donors (Lipinski definition) is 1. The molecule has 2 aliphatic rings. The molecule has 0 bridgehead atoms. The zero-order valence-electron chi connectivity index (χ0n) is 21.3. The number of rotatable bonds is 7. The van der Waals surface area contributed by atoms with Crippen molar-refractivity contribution in [3.63, 3.8) is 0 Å². The fourth-order valence-corrected chi connectivity index (χ4v) is 5.11. The lowest BCUT2D eigenvalue weighted by Crippen LogP contribution is -2.48. The van der Waals surface area contributed by atoms with E-state index in [9.17, 15) is 8.78 Å². The maximum Gasteiger partial charge on any atom is 0.324 e. The number of piperidine rings is 2. The molecule has 10 heteroatoms. The maximum atomic E-state index is 14.2. The Bertz CT molecular complexity index is 1180. The van der Waals surface area contributed by atoms with Gasteiger partial charge in [-0.3, -0.25) is 0 Å². The van der Waals surface area contributed by atoms with E-state index < -0.39 is 11.6 Å². The number of nitrogens with zero attached hydrogens (tertiary/aromatic N) is 5. The van der Waals surface area contributed by atoms with E-state index in [2.05, 4.69) is 24.9 Å². The number of aromatic nitrogens is 3. The summed E-state index contributed by atoms with van der Waals surface area (Å²) < 4.78 is 39.4. The molecule has 0 saturated carbocycles. The molecule has 2 N–H and O–H groups in total. The van der Waals surface area contributed by atoms with Crippen molar-refractivity contribution in [3.05, 3.63) is 59.6 Å². The summed E-state index contributed by atoms with van der Waals surface area (Å²) in [6.45, 7) is 7.64. The first-order valence-corrected chi connectivity index (χ1v) is 13.0. The van der Waals surface area contributed by atoms with Gasteiger partial charge in [0.1, 0.15) is 23.2 Å². The van der Waals surface area contributed by atoms with E-state index in [0.717, 1.165) is 49.4 Å². The van der Waals surface area contributed by atoms with Gasteiger partial charge in [-0.1, -0.05) is 19.0 Å². The van der Waals surface area contributed by atoms with E-state index >= 15 is 0 Å². The van der Waals surface area contributed by atoms with Crippen LogP contribution in [0.1, 0.15) is 56.3 Å². The molecule has 3 aromatic rings. The molecule has 0 amide bonds. The molecule has 0 aliphatic carbocycles. The Morgan fingerprint density at radius 1 is 1.08 bits per heavy atom. The number of hydrogen-bond acceptors (Lipinski definition) is 8. The summed E-state index contributed by atoms with van der Waals surface area (Å²) in [4.78, 5) is 13.3. The van der Waals surface area contributed by atoms with Gasteiger partial charge in [0.25, 0.3) is 0 Å². The number of nitrogens with two attached hydrogens (primary N) is 1. The van der Waals surface area contributed by atoms with E-state index in [4.69, 9.17) is 15.0 Å². The van der Waals surface area contributed by atoms with Crippen molar-refractivity contribution in [2.24, 2.45) is 11.7 Å². The first-order valence-electron chi connectivity index (χ1n) is 13.0. The second kappa shape index (κ2) is 11.0. The average molecular weight is 513 g/mol. The molecule has 4 heterocycles. The van der Waals surface area contributed by atoms with Crippen LogP contribution in [0.3, 0.4) is 0 Å². The first-order chi connectivity index (χ1) is 17.9. The van der Waals surface area contributed by atoms with Gasteiger partial charge in [-0.15, -0.1) is 0 Å². The van der Waals surface area contributed by atoms with Gasteiger partial charge in [-0.25, -0.2) is 13.8 Å². The van der Waals surface area contributed by atoms with Gasteiger partial charge < -0.3 is 24.8 Å². The minimum absolute atomic E-state index is 0.224. The predicted molar refractivity (Wildman–Crippen MR) is 137 cm³/mol. The SMILES string of the molecule is CC(C)c1noc(N2CCC(COc3ccc(N4CC[C@H](c5cc(F)ccc5F)[C@@H](N)C4)nc3)CC2)n1. The normalized spacial score (nSPS) is 21.0. The zero-order valence-corrected chi connectivity index (χ0v) is 21.3. The van der Waals surface area contributed by atoms with E-state index in [1.54, 1.807) is 6.20 Å². The second-order valence-corrected chi connectivity index (χ2v) is 10.4. The summed E-state index contributed by atoms with van der Waals surface area (Å²) in [5, 5.41) is 4.06. The van der Waals surface area contributed by atoms with Crippen LogP contribution in [0, 0.1) is 17.6 Å². The van der Waals surface area contributed by atoms with E-state index in [1.807, 2.05) is 26.0 Å². The standard InChI is InChI=1S/C27H34F2N6O2/c1-17(2)26-32-27(37-33-26)34-10-7-18(8-11-34)16-36-20-4-6-25(31-14-20)35-12-9-21(24(30)15-35)22-13-19(28)3-5-23(22)29/h3-6,13-14,17-18,21,24H,7-12,15-16,30H2,1-2H3/t21-,24+/m1/s1. The van der Waals surface area contributed by atoms with Gasteiger partial charge >= 0.3 is 6.01 Å². The maximum absolute atomic E-state index is 14.2. The molecule has 0 radical (unpaired) electrons. The Hall–Kier alpha value is -3.27. The topological polar surface area (TPSA) is 93.5 Å². The Labute approximate surface area is 215 Å². The highest BCUT2D eigenvalue weighted by atomic mass is 19.1. The van der Waals surface area contributed by atoms with Crippen LogP contribution in [0.4, 0.5) is 20.6 Å². The molecule has 8 nitrogen and oxygen atoms in total. The molecule has 198 valence electrons. The Morgan fingerprint density at radius 3 is 2.54 bits per heavy atom. The quantitative estimate of drug-likeness (QED) is 0.495. The summed E-state index contributed by atoms with van der Waals surface area (Å²) in [7, 11) is 0. The highest BCUT2D eigenvalue weighted by molar-refractivity contribution is 5.42. The molecule has 1 aromatic carbocycles. The van der Waals surface area contributed by atoms with Crippen LogP contribution >= 0.6 is 0 Å². The summed E-state index contributed by atoms with van der Waals surface area (Å²) in [6, 6.07) is 7.70. The highest BCUT2D eigenvalue weighted by Crippen LogP contribution is 2.32. The summed E-state index contributed by atoms with van der Waals surface area (Å²) in [5.74, 6) is 1.89. The lowest BCUT2D eigenvalue weighted by Gasteiger charge is -2.37. The Balaban J connectivity index is 1.09. The molecule has 37 heavy (non-hydrogen) atoms. The van der Waals surface area contributed by atoms with Gasteiger partial charge in [-0.2, -0.15) is 4.98 Å². The van der Waals surface area contributed by atoms with Crippen molar-refractivity contribution in [1.29, 1.82) is 0 Å². The van der Waals surface area contributed by atoms with E-state index in [1.165, 1.54) is 12.1 Å². The molecule has 2 saturated heterocycles. The highest BCUT2D eigenvalue weighted by Gasteiger charge is 2.30. The van der Waals surface area contributed by atoms with Crippen LogP contribution in [0.25, 0.3) is 0 Å². The van der Waals surface area contributed by atoms with Gasteiger partial charge in [0, 0.05) is 44.1 Å². The van der Waals surface area contributed by atoms with Crippen molar-refractivity contribution in [3.8, 4) is 5.75 Å². The number of pyridine rings is 1. The van der Waals surface area contributed by atoms with Crippen molar-refractivity contribution >= 4 is 11.8 Å². The predicted octanol–water partition coefficient (Wildman–Crippen LogP) is 4.48. The van der Waals surface area contributed by atoms with Crippen LogP contribution in [0.2, 0.25) is 0 Å². The fourth-order valence-electron chi connectivity index (χ4n) is 5.11. The van der Waals surface area contributed by atoms with Gasteiger partial charge in [-0.05, 0) is 61.1 Å². The van der Waals surface area contributed by atoms with Crippen molar-refractivity contribution in [2.45, 2.75) is 51.0 Å². The minimum atomic E-state index is -0.444. The minimum Gasteiger partial charge on any atom is -0.492 e. The molecular formula is C27H34F2N6O2. The summed E-state index contributed by atoms with van der Waals surface area (Å²) >= 11 is 0. The van der Waals surface area contributed by atoms with E-state index in [0.29, 0.717) is 43.6 Å². The summed E-state index contributed by atoms with van der Waals surface area (Å²) in [5.41, 5.74) is 6.73. The second-order valence-electron chi connectivity index (χ2n) is 10.4. The molecule has 2 atom stereocenters. The third-order valence-electron chi connectivity index (χ3n) is 7.38. The summed E-state index contributed by atoms with van der Waals surface area (Å²) in [6.07, 6.45) is 4.34. The molecule has 2 fully saturated rings. The van der Waals surface area contributed by atoms with Gasteiger partial charge in [0.05, 0.1) is 12.8 Å². The first kappa shape index (κ1) is 25.4. The van der Waals surface area contributed by atoms with E-state index in [-0.39, 0.29) is 17.9 Å². The number of anilines is 2. The molecule has 2 aliphatic heterocycles. The van der Waals surface area contributed by atoms with Gasteiger partial charge in [0.2, 0.25) is 0 Å². The van der Waals surface area contributed by atoms with Gasteiger partial charge in [0.15, 0.2) is 5.82 Å². The zero-order chi connectivity index (χ0) is 25.9. The number of halogens is 2. The smallest absolute Gasteiger partial charge is 0.324 e. The molecular weight excluding hydrogens is 478 g/mol. The molecule has 5 rings (SSSR count). The van der Waals surface area contributed by atoms with Crippen molar-refractivity contribution in [2.75, 3.05) is 42.6 Å². The van der Waals surface area contributed by atoms with Crippen LogP contribution in [0.5, 0.6) is 5.75 Å². The van der Waals surface area contributed by atoms with Crippen LogP contribution in [-0.2, 0) is 0 Å². The monoisotopic (exact) mass is 512 g/mol. The lowest BCUT2D eigenvalue weighted by atomic mass is 9.85. The molecule has 2 aromatic heterocycles. The average Bonchev–Trinajstić information content (AvgIpc) is 3.41. The number of ether oxygens (including phenoxy) is 1. The Kier molecular flexibility index (Phi) is 7.55.